The van der Waals surface area contributed by atoms with Gasteiger partial charge in [0.1, 0.15) is 11.5 Å². The van der Waals surface area contributed by atoms with Crippen molar-refractivity contribution in [3.05, 3.63) is 48.5 Å². The predicted octanol–water partition coefficient (Wildman–Crippen LogP) is 7.37. The Balaban J connectivity index is 1.32. The SMILES string of the molecule is CCCCCCOc1ccc(-c2nnc(-c3nnc(-c4ccc(OCCCCCC)cc4)o3)o2)cc1. The average molecular weight is 491 g/mol. The molecule has 190 valence electrons. The molecule has 0 amide bonds. The Hall–Kier alpha value is -3.68. The van der Waals surface area contributed by atoms with Gasteiger partial charge in [0.25, 0.3) is 0 Å². The number of rotatable bonds is 15. The second kappa shape index (κ2) is 13.4. The molecule has 4 aromatic rings. The quantitative estimate of drug-likeness (QED) is 0.159. The van der Waals surface area contributed by atoms with Gasteiger partial charge in [0.15, 0.2) is 0 Å². The summed E-state index contributed by atoms with van der Waals surface area (Å²) in [6, 6.07) is 15.2. The maximum absolute atomic E-state index is 5.80. The Morgan fingerprint density at radius 1 is 0.500 bits per heavy atom. The number of aromatic nitrogens is 4. The highest BCUT2D eigenvalue weighted by Gasteiger charge is 2.18. The van der Waals surface area contributed by atoms with Crippen molar-refractivity contribution in [1.29, 1.82) is 0 Å². The molecular formula is C28H34N4O4. The first kappa shape index (κ1) is 25.4. The van der Waals surface area contributed by atoms with Gasteiger partial charge < -0.3 is 18.3 Å². The molecule has 0 fully saturated rings. The predicted molar refractivity (Wildman–Crippen MR) is 138 cm³/mol. The van der Waals surface area contributed by atoms with Crippen molar-refractivity contribution in [2.24, 2.45) is 0 Å². The first-order valence-corrected chi connectivity index (χ1v) is 12.9. The maximum Gasteiger partial charge on any atom is 0.306 e. The van der Waals surface area contributed by atoms with Gasteiger partial charge in [0, 0.05) is 11.1 Å². The first-order chi connectivity index (χ1) is 17.8. The molecule has 0 unspecified atom stereocenters. The summed E-state index contributed by atoms with van der Waals surface area (Å²) in [5.41, 5.74) is 1.58. The van der Waals surface area contributed by atoms with Crippen LogP contribution in [0.4, 0.5) is 0 Å². The van der Waals surface area contributed by atoms with E-state index in [0.717, 1.165) is 48.7 Å². The number of benzene rings is 2. The van der Waals surface area contributed by atoms with Crippen LogP contribution < -0.4 is 9.47 Å². The smallest absolute Gasteiger partial charge is 0.306 e. The van der Waals surface area contributed by atoms with Crippen molar-refractivity contribution in [2.75, 3.05) is 13.2 Å². The lowest BCUT2D eigenvalue weighted by Gasteiger charge is -2.06. The first-order valence-electron chi connectivity index (χ1n) is 12.9. The van der Waals surface area contributed by atoms with Crippen molar-refractivity contribution in [3.8, 4) is 46.2 Å². The Bertz CT molecular complexity index is 1080. The molecule has 0 aliphatic rings. The zero-order chi connectivity index (χ0) is 25.0. The number of hydrogen-bond acceptors (Lipinski definition) is 8. The van der Waals surface area contributed by atoms with Crippen LogP contribution >= 0.6 is 0 Å². The van der Waals surface area contributed by atoms with E-state index >= 15 is 0 Å². The van der Waals surface area contributed by atoms with Crippen LogP contribution in [-0.2, 0) is 0 Å². The second-order valence-electron chi connectivity index (χ2n) is 8.69. The van der Waals surface area contributed by atoms with Gasteiger partial charge in [-0.3, -0.25) is 0 Å². The average Bonchev–Trinajstić information content (AvgIpc) is 3.60. The van der Waals surface area contributed by atoms with Gasteiger partial charge in [0.2, 0.25) is 11.8 Å². The number of ether oxygens (including phenoxy) is 2. The fourth-order valence-electron chi connectivity index (χ4n) is 3.68. The highest BCUT2D eigenvalue weighted by atomic mass is 16.5. The molecule has 0 N–H and O–H groups in total. The van der Waals surface area contributed by atoms with Crippen LogP contribution in [0.3, 0.4) is 0 Å². The maximum atomic E-state index is 5.80. The highest BCUT2D eigenvalue weighted by molar-refractivity contribution is 5.57. The third kappa shape index (κ3) is 7.16. The summed E-state index contributed by atoms with van der Waals surface area (Å²) in [5, 5.41) is 16.4. The molecule has 8 nitrogen and oxygen atoms in total. The number of nitrogens with zero attached hydrogens (tertiary/aromatic N) is 4. The third-order valence-corrected chi connectivity index (χ3v) is 5.77. The third-order valence-electron chi connectivity index (χ3n) is 5.77. The molecule has 0 spiro atoms. The van der Waals surface area contributed by atoms with E-state index in [1.54, 1.807) is 0 Å². The van der Waals surface area contributed by atoms with E-state index in [1.807, 2.05) is 48.5 Å². The van der Waals surface area contributed by atoms with E-state index in [9.17, 15) is 0 Å². The molecule has 0 aliphatic carbocycles. The zero-order valence-electron chi connectivity index (χ0n) is 21.1. The van der Waals surface area contributed by atoms with Crippen LogP contribution in [0.2, 0.25) is 0 Å². The lowest BCUT2D eigenvalue weighted by Crippen LogP contribution is -1.96. The van der Waals surface area contributed by atoms with Gasteiger partial charge in [-0.1, -0.05) is 52.4 Å². The molecule has 0 bridgehead atoms. The lowest BCUT2D eigenvalue weighted by molar-refractivity contribution is 0.305. The van der Waals surface area contributed by atoms with Gasteiger partial charge in [-0.2, -0.15) is 0 Å². The Morgan fingerprint density at radius 2 is 0.889 bits per heavy atom. The summed E-state index contributed by atoms with van der Waals surface area (Å²) >= 11 is 0. The van der Waals surface area contributed by atoms with Gasteiger partial charge in [-0.15, -0.1) is 20.4 Å². The summed E-state index contributed by atoms with van der Waals surface area (Å²) < 4.78 is 23.2. The Labute approximate surface area is 212 Å². The number of unbranched alkanes of at least 4 members (excludes halogenated alkanes) is 6. The zero-order valence-corrected chi connectivity index (χ0v) is 21.1. The van der Waals surface area contributed by atoms with E-state index < -0.39 is 0 Å². The van der Waals surface area contributed by atoms with E-state index in [4.69, 9.17) is 18.3 Å². The molecule has 0 saturated carbocycles. The van der Waals surface area contributed by atoms with E-state index in [-0.39, 0.29) is 11.8 Å². The van der Waals surface area contributed by atoms with Crippen LogP contribution in [0.15, 0.2) is 57.4 Å². The van der Waals surface area contributed by atoms with Crippen LogP contribution in [0.25, 0.3) is 34.7 Å². The molecule has 2 heterocycles. The summed E-state index contributed by atoms with van der Waals surface area (Å²) in [4.78, 5) is 0. The summed E-state index contributed by atoms with van der Waals surface area (Å²) in [7, 11) is 0. The number of hydrogen-bond donors (Lipinski definition) is 0. The van der Waals surface area contributed by atoms with Crippen LogP contribution in [0, 0.1) is 0 Å². The van der Waals surface area contributed by atoms with Gasteiger partial charge in [-0.05, 0) is 61.4 Å². The van der Waals surface area contributed by atoms with E-state index in [0.29, 0.717) is 11.8 Å². The van der Waals surface area contributed by atoms with Crippen molar-refractivity contribution >= 4 is 0 Å². The second-order valence-corrected chi connectivity index (χ2v) is 8.69. The highest BCUT2D eigenvalue weighted by Crippen LogP contribution is 2.28. The molecule has 0 saturated heterocycles. The van der Waals surface area contributed by atoms with E-state index in [1.165, 1.54) is 38.5 Å². The molecule has 4 rings (SSSR count). The standard InChI is InChI=1S/C28H34N4O4/c1-3-5-7-9-19-33-23-15-11-21(12-16-23)25-29-31-27(35-25)28-32-30-26(36-28)22-13-17-24(18-14-22)34-20-10-8-6-4-2/h11-18H,3-10,19-20H2,1-2H3. The largest absolute Gasteiger partial charge is 0.494 e. The topological polar surface area (TPSA) is 96.3 Å². The van der Waals surface area contributed by atoms with Gasteiger partial charge in [-0.25, -0.2) is 0 Å². The van der Waals surface area contributed by atoms with Crippen LogP contribution in [-0.4, -0.2) is 33.6 Å². The van der Waals surface area contributed by atoms with Gasteiger partial charge >= 0.3 is 11.8 Å². The summed E-state index contributed by atoms with van der Waals surface area (Å²) in [5.74, 6) is 2.74. The molecule has 2 aromatic heterocycles. The minimum Gasteiger partial charge on any atom is -0.494 e. The normalized spacial score (nSPS) is 11.1. The van der Waals surface area contributed by atoms with E-state index in [2.05, 4.69) is 34.2 Å². The molecule has 2 aromatic carbocycles. The van der Waals surface area contributed by atoms with Crippen molar-refractivity contribution in [2.45, 2.75) is 65.2 Å². The molecule has 0 aliphatic heterocycles. The van der Waals surface area contributed by atoms with Crippen molar-refractivity contribution < 1.29 is 18.3 Å². The fraction of sp³-hybridized carbons (Fsp3) is 0.429. The monoisotopic (exact) mass is 490 g/mol. The Kier molecular flexibility index (Phi) is 9.47. The molecule has 36 heavy (non-hydrogen) atoms. The summed E-state index contributed by atoms with van der Waals surface area (Å²) in [6.45, 7) is 5.84. The summed E-state index contributed by atoms with van der Waals surface area (Å²) in [6.07, 6.45) is 9.41. The molecule has 0 atom stereocenters. The molecule has 0 radical (unpaired) electrons. The molecular weight excluding hydrogens is 456 g/mol. The van der Waals surface area contributed by atoms with Crippen LogP contribution in [0.1, 0.15) is 65.2 Å². The van der Waals surface area contributed by atoms with Crippen molar-refractivity contribution in [1.82, 2.24) is 20.4 Å². The lowest BCUT2D eigenvalue weighted by atomic mass is 10.2. The van der Waals surface area contributed by atoms with Gasteiger partial charge in [0.05, 0.1) is 13.2 Å². The van der Waals surface area contributed by atoms with Crippen molar-refractivity contribution in [3.63, 3.8) is 0 Å². The minimum absolute atomic E-state index is 0.173. The Morgan fingerprint density at radius 3 is 1.28 bits per heavy atom. The minimum atomic E-state index is 0.173. The fourth-order valence-corrected chi connectivity index (χ4v) is 3.68. The van der Waals surface area contributed by atoms with Crippen LogP contribution in [0.5, 0.6) is 11.5 Å². The molecule has 8 heteroatoms.